The van der Waals surface area contributed by atoms with Gasteiger partial charge in [0.05, 0.1) is 0 Å². The van der Waals surface area contributed by atoms with Crippen LogP contribution in [0.1, 0.15) is 60.2 Å². The van der Waals surface area contributed by atoms with Crippen LogP contribution in [-0.2, 0) is 0 Å². The van der Waals surface area contributed by atoms with E-state index >= 15 is 0 Å². The van der Waals surface area contributed by atoms with Crippen LogP contribution in [0, 0.1) is 26.7 Å². The maximum Gasteiger partial charge on any atom is 0.110 e. The number of para-hydroxylation sites is 1. The van der Waals surface area contributed by atoms with E-state index in [1.165, 1.54) is 59.3 Å². The summed E-state index contributed by atoms with van der Waals surface area (Å²) in [5, 5.41) is 0.355. The highest BCUT2D eigenvalue weighted by Crippen LogP contribution is 2.55. The average Bonchev–Trinajstić information content (AvgIpc) is 3.24. The first-order valence-electron chi connectivity index (χ1n) is 9.86. The van der Waals surface area contributed by atoms with Gasteiger partial charge in [-0.2, -0.15) is 0 Å². The zero-order valence-corrected chi connectivity index (χ0v) is 17.2. The van der Waals surface area contributed by atoms with Gasteiger partial charge in [-0.15, -0.1) is 0 Å². The van der Waals surface area contributed by atoms with Crippen LogP contribution in [0.25, 0.3) is 0 Å². The first kappa shape index (κ1) is 17.7. The average molecular weight is 364 g/mol. The molecule has 0 saturated heterocycles. The van der Waals surface area contributed by atoms with Gasteiger partial charge in [-0.3, -0.25) is 0 Å². The molecule has 1 heterocycles. The second-order valence-electron chi connectivity index (χ2n) is 7.86. The Balaban J connectivity index is 1.84. The van der Waals surface area contributed by atoms with Crippen molar-refractivity contribution in [3.05, 3.63) is 75.3 Å². The lowest BCUT2D eigenvalue weighted by atomic mass is 10.0. The number of anilines is 1. The Morgan fingerprint density at radius 2 is 1.42 bits per heavy atom. The van der Waals surface area contributed by atoms with Gasteiger partial charge >= 0.3 is 0 Å². The Labute approximate surface area is 162 Å². The van der Waals surface area contributed by atoms with E-state index in [0.29, 0.717) is 5.37 Å². The molecule has 0 bridgehead atoms. The van der Waals surface area contributed by atoms with E-state index in [1.807, 2.05) is 0 Å². The smallest absolute Gasteiger partial charge is 0.110 e. The Morgan fingerprint density at radius 3 is 2.08 bits per heavy atom. The molecule has 1 fully saturated rings. The van der Waals surface area contributed by atoms with Crippen LogP contribution in [0.2, 0.25) is 0 Å². The molecule has 2 aromatic rings. The molecule has 1 atom stereocenters. The monoisotopic (exact) mass is 363 g/mol. The topological polar surface area (TPSA) is 3.24 Å². The van der Waals surface area contributed by atoms with Crippen molar-refractivity contribution in [2.24, 2.45) is 5.92 Å². The molecule has 1 aliphatic heterocycles. The fourth-order valence-electron chi connectivity index (χ4n) is 4.68. The Kier molecular flexibility index (Phi) is 4.88. The van der Waals surface area contributed by atoms with Crippen molar-refractivity contribution >= 4 is 17.4 Å². The number of thioether (sulfide) groups is 1. The molecule has 26 heavy (non-hydrogen) atoms. The largest absolute Gasteiger partial charge is 0.327 e. The van der Waals surface area contributed by atoms with E-state index in [4.69, 9.17) is 0 Å². The molecule has 0 spiro atoms. The van der Waals surface area contributed by atoms with Gasteiger partial charge in [0.2, 0.25) is 0 Å². The Morgan fingerprint density at radius 1 is 0.808 bits per heavy atom. The molecule has 1 nitrogen and oxygen atoms in total. The summed E-state index contributed by atoms with van der Waals surface area (Å²) in [4.78, 5) is 4.25. The zero-order valence-electron chi connectivity index (χ0n) is 16.4. The fourth-order valence-corrected chi connectivity index (χ4v) is 6.48. The predicted molar refractivity (Wildman–Crippen MR) is 115 cm³/mol. The van der Waals surface area contributed by atoms with Gasteiger partial charge < -0.3 is 4.90 Å². The van der Waals surface area contributed by atoms with E-state index in [9.17, 15) is 0 Å². The van der Waals surface area contributed by atoms with Crippen molar-refractivity contribution in [3.63, 3.8) is 0 Å². The van der Waals surface area contributed by atoms with Crippen molar-refractivity contribution in [1.82, 2.24) is 0 Å². The molecular formula is C24H29NS. The summed E-state index contributed by atoms with van der Waals surface area (Å²) in [5.41, 5.74) is 8.49. The molecule has 136 valence electrons. The number of hydrogen-bond acceptors (Lipinski definition) is 2. The van der Waals surface area contributed by atoms with E-state index in [2.05, 4.69) is 86.8 Å². The number of rotatable bonds is 3. The van der Waals surface area contributed by atoms with Gasteiger partial charge in [0.15, 0.2) is 0 Å². The number of hydrogen-bond donors (Lipinski definition) is 0. The lowest BCUT2D eigenvalue weighted by Crippen LogP contribution is -2.23. The summed E-state index contributed by atoms with van der Waals surface area (Å²) in [6, 6.07) is 15.6. The van der Waals surface area contributed by atoms with Crippen LogP contribution in [0.5, 0.6) is 0 Å². The molecule has 2 aliphatic rings. The minimum Gasteiger partial charge on any atom is -0.327 e. The van der Waals surface area contributed by atoms with Crippen molar-refractivity contribution in [2.75, 3.05) is 4.90 Å². The predicted octanol–water partition coefficient (Wildman–Crippen LogP) is 7.29. The molecule has 1 unspecified atom stereocenters. The van der Waals surface area contributed by atoms with Crippen molar-refractivity contribution in [2.45, 2.75) is 58.8 Å². The van der Waals surface area contributed by atoms with Crippen LogP contribution in [0.15, 0.2) is 53.1 Å². The number of allylic oxidation sites excluding steroid dienone is 2. The van der Waals surface area contributed by atoms with Gasteiger partial charge in [0, 0.05) is 16.3 Å². The molecule has 1 aliphatic carbocycles. The SMILES string of the molecule is CC1=C(C2CCCC2)SC(c2c(C)cccc2C)N1c1ccccc1C. The summed E-state index contributed by atoms with van der Waals surface area (Å²) in [5.74, 6) is 0.765. The molecule has 2 heteroatoms. The molecule has 0 radical (unpaired) electrons. The fraction of sp³-hybridized carbons (Fsp3) is 0.417. The Bertz CT molecular complexity index is 825. The van der Waals surface area contributed by atoms with Gasteiger partial charge in [0.25, 0.3) is 0 Å². The first-order chi connectivity index (χ1) is 12.6. The molecule has 0 amide bonds. The maximum absolute atomic E-state index is 2.61. The molecule has 4 rings (SSSR count). The van der Waals surface area contributed by atoms with Crippen molar-refractivity contribution in [1.29, 1.82) is 0 Å². The van der Waals surface area contributed by atoms with Crippen LogP contribution in [0.4, 0.5) is 5.69 Å². The van der Waals surface area contributed by atoms with Crippen LogP contribution >= 0.6 is 11.8 Å². The molecule has 2 aromatic carbocycles. The van der Waals surface area contributed by atoms with E-state index in [1.54, 1.807) is 4.91 Å². The van der Waals surface area contributed by atoms with E-state index in [-0.39, 0.29) is 0 Å². The zero-order chi connectivity index (χ0) is 18.3. The maximum atomic E-state index is 2.61. The molecule has 0 N–H and O–H groups in total. The highest BCUT2D eigenvalue weighted by Gasteiger charge is 2.38. The second-order valence-corrected chi connectivity index (χ2v) is 8.99. The van der Waals surface area contributed by atoms with Crippen molar-refractivity contribution in [3.8, 4) is 0 Å². The van der Waals surface area contributed by atoms with Gasteiger partial charge in [-0.05, 0) is 74.8 Å². The Hall–Kier alpha value is -1.67. The van der Waals surface area contributed by atoms with Crippen LogP contribution in [-0.4, -0.2) is 0 Å². The summed E-state index contributed by atoms with van der Waals surface area (Å²) >= 11 is 2.11. The molecular weight excluding hydrogens is 334 g/mol. The molecule has 0 aromatic heterocycles. The van der Waals surface area contributed by atoms with Crippen LogP contribution < -0.4 is 4.90 Å². The first-order valence-corrected chi connectivity index (χ1v) is 10.7. The number of benzene rings is 2. The third-order valence-electron chi connectivity index (χ3n) is 6.08. The van der Waals surface area contributed by atoms with Gasteiger partial charge in [0.1, 0.15) is 5.37 Å². The van der Waals surface area contributed by atoms with Crippen molar-refractivity contribution < 1.29 is 0 Å². The normalized spacial score (nSPS) is 21.1. The highest BCUT2D eigenvalue weighted by atomic mass is 32.2. The van der Waals surface area contributed by atoms with Gasteiger partial charge in [-0.25, -0.2) is 0 Å². The molecule has 1 saturated carbocycles. The summed E-state index contributed by atoms with van der Waals surface area (Å²) < 4.78 is 0. The minimum absolute atomic E-state index is 0.355. The minimum atomic E-state index is 0.355. The lowest BCUT2D eigenvalue weighted by Gasteiger charge is -2.31. The lowest BCUT2D eigenvalue weighted by molar-refractivity contribution is 0.669. The third kappa shape index (κ3) is 2.99. The van der Waals surface area contributed by atoms with E-state index in [0.717, 1.165) is 5.92 Å². The second kappa shape index (κ2) is 7.15. The number of nitrogens with zero attached hydrogens (tertiary/aromatic N) is 1. The highest BCUT2D eigenvalue weighted by molar-refractivity contribution is 8.03. The summed E-state index contributed by atoms with van der Waals surface area (Å²) in [6.45, 7) is 9.12. The van der Waals surface area contributed by atoms with E-state index < -0.39 is 0 Å². The quantitative estimate of drug-likeness (QED) is 0.563. The summed E-state index contributed by atoms with van der Waals surface area (Å²) in [6.07, 6.45) is 5.50. The number of aryl methyl sites for hydroxylation is 3. The summed E-state index contributed by atoms with van der Waals surface area (Å²) in [7, 11) is 0. The van der Waals surface area contributed by atoms with Gasteiger partial charge in [-0.1, -0.05) is 61.0 Å². The standard InChI is InChI=1S/C24H29NS/c1-16-10-5-8-15-21(16)25-19(4)23(20-13-6-7-14-20)26-24(25)22-17(2)11-9-12-18(22)3/h5,8-12,15,20,24H,6-7,13-14H2,1-4H3. The van der Waals surface area contributed by atoms with Crippen LogP contribution in [0.3, 0.4) is 0 Å². The third-order valence-corrected chi connectivity index (χ3v) is 7.63.